The van der Waals surface area contributed by atoms with Crippen LogP contribution in [-0.4, -0.2) is 25.8 Å². The first-order valence-electron chi connectivity index (χ1n) is 7.56. The molecule has 0 atom stereocenters. The van der Waals surface area contributed by atoms with E-state index in [1.54, 1.807) is 18.2 Å². The number of para-hydroxylation sites is 1. The number of unbranched alkanes of at least 4 members (excludes halogenated alkanes) is 2. The lowest BCUT2D eigenvalue weighted by Gasteiger charge is -2.23. The number of esters is 1. The normalized spacial score (nSPS) is 10.4. The molecule has 0 heterocycles. The topological polar surface area (TPSA) is 48.0 Å². The number of carbonyl (C=O) groups excluding carboxylic acids is 1. The smallest absolute Gasteiger partial charge is 0.340 e. The van der Waals surface area contributed by atoms with E-state index >= 15 is 0 Å². The summed E-state index contributed by atoms with van der Waals surface area (Å²) in [7, 11) is 0. The maximum absolute atomic E-state index is 12.2. The molecule has 21 heavy (non-hydrogen) atoms. The van der Waals surface area contributed by atoms with Gasteiger partial charge in [0.15, 0.2) is 0 Å². The Morgan fingerprint density at radius 3 is 2.33 bits per heavy atom. The molecular formula is C16H25NO4. The Hall–Kier alpha value is -1.59. The van der Waals surface area contributed by atoms with Gasteiger partial charge in [-0.25, -0.2) is 14.5 Å². The zero-order valence-corrected chi connectivity index (χ0v) is 13.1. The van der Waals surface area contributed by atoms with Crippen molar-refractivity contribution < 1.29 is 19.2 Å². The molecule has 1 rings (SSSR count). The van der Waals surface area contributed by atoms with Crippen molar-refractivity contribution in [1.82, 2.24) is 0 Å². The maximum Gasteiger partial charge on any atom is 0.340 e. The number of carbonyl (C=O) groups is 1. The molecule has 0 amide bonds. The van der Waals surface area contributed by atoms with E-state index in [1.807, 2.05) is 19.9 Å². The van der Waals surface area contributed by atoms with Crippen LogP contribution in [0.1, 0.15) is 50.4 Å². The predicted molar refractivity (Wildman–Crippen MR) is 82.0 cm³/mol. The van der Waals surface area contributed by atoms with Gasteiger partial charge in [0, 0.05) is 0 Å². The van der Waals surface area contributed by atoms with E-state index < -0.39 is 0 Å². The van der Waals surface area contributed by atoms with E-state index in [2.05, 4.69) is 6.92 Å². The second-order valence-electron chi connectivity index (χ2n) is 4.45. The molecule has 0 saturated heterocycles. The minimum atomic E-state index is -0.355. The predicted octanol–water partition coefficient (Wildman–Crippen LogP) is 3.74. The number of hydrogen-bond donors (Lipinski definition) is 0. The number of rotatable bonds is 10. The van der Waals surface area contributed by atoms with Crippen molar-refractivity contribution in [3.63, 3.8) is 0 Å². The molecule has 0 radical (unpaired) electrons. The molecule has 0 aliphatic heterocycles. The van der Waals surface area contributed by atoms with E-state index in [9.17, 15) is 4.79 Å². The quantitative estimate of drug-likeness (QED) is 0.374. The van der Waals surface area contributed by atoms with Crippen molar-refractivity contribution in [3.8, 4) is 0 Å². The van der Waals surface area contributed by atoms with Crippen LogP contribution in [-0.2, 0) is 14.4 Å². The van der Waals surface area contributed by atoms with Crippen molar-refractivity contribution in [2.45, 2.75) is 40.0 Å². The minimum absolute atomic E-state index is 0.355. The van der Waals surface area contributed by atoms with Crippen LogP contribution in [0.4, 0.5) is 5.69 Å². The Bertz CT molecular complexity index is 416. The van der Waals surface area contributed by atoms with Crippen LogP contribution in [0.3, 0.4) is 0 Å². The zero-order chi connectivity index (χ0) is 15.5. The highest BCUT2D eigenvalue weighted by Crippen LogP contribution is 2.22. The summed E-state index contributed by atoms with van der Waals surface area (Å²) in [5, 5.41) is 1.28. The first-order valence-corrected chi connectivity index (χ1v) is 7.56. The van der Waals surface area contributed by atoms with Gasteiger partial charge in [-0.15, -0.1) is 5.23 Å². The van der Waals surface area contributed by atoms with E-state index in [0.29, 0.717) is 31.1 Å². The average Bonchev–Trinajstić information content (AvgIpc) is 2.51. The molecule has 118 valence electrons. The highest BCUT2D eigenvalue weighted by atomic mass is 16.9. The first kappa shape index (κ1) is 17.5. The fourth-order valence-electron chi connectivity index (χ4n) is 1.81. The van der Waals surface area contributed by atoms with E-state index in [1.165, 1.54) is 5.23 Å². The third-order valence-electron chi connectivity index (χ3n) is 2.79. The molecule has 0 aromatic heterocycles. The zero-order valence-electron chi connectivity index (χ0n) is 13.1. The van der Waals surface area contributed by atoms with E-state index in [0.717, 1.165) is 19.3 Å². The molecule has 1 aromatic carbocycles. The summed E-state index contributed by atoms with van der Waals surface area (Å²) < 4.78 is 5.30. The Labute approximate surface area is 126 Å². The summed E-state index contributed by atoms with van der Waals surface area (Å²) in [5.74, 6) is -0.355. The molecule has 0 N–H and O–H groups in total. The molecule has 5 heteroatoms. The molecule has 0 aliphatic carbocycles. The minimum Gasteiger partial charge on any atom is -0.462 e. The molecule has 0 fully saturated rings. The maximum atomic E-state index is 12.2. The number of ether oxygens (including phenoxy) is 1. The summed E-state index contributed by atoms with van der Waals surface area (Å²) in [6.45, 7) is 7.15. The van der Waals surface area contributed by atoms with Crippen LogP contribution in [0.25, 0.3) is 0 Å². The van der Waals surface area contributed by atoms with Gasteiger partial charge in [-0.05, 0) is 32.4 Å². The van der Waals surface area contributed by atoms with E-state index in [4.69, 9.17) is 14.4 Å². The fourth-order valence-corrected chi connectivity index (χ4v) is 1.81. The highest BCUT2D eigenvalue weighted by Gasteiger charge is 2.18. The van der Waals surface area contributed by atoms with Crippen LogP contribution in [0, 0.1) is 0 Å². The lowest BCUT2D eigenvalue weighted by atomic mass is 10.2. The lowest BCUT2D eigenvalue weighted by Crippen LogP contribution is -2.26. The molecule has 0 saturated carbocycles. The van der Waals surface area contributed by atoms with Crippen LogP contribution in [0.15, 0.2) is 24.3 Å². The van der Waals surface area contributed by atoms with Crippen LogP contribution >= 0.6 is 0 Å². The molecule has 1 aromatic rings. The van der Waals surface area contributed by atoms with Gasteiger partial charge in [-0.3, -0.25) is 0 Å². The Balaban J connectivity index is 2.79. The average molecular weight is 295 g/mol. The lowest BCUT2D eigenvalue weighted by molar-refractivity contribution is -0.0820. The van der Waals surface area contributed by atoms with Gasteiger partial charge < -0.3 is 4.74 Å². The number of anilines is 1. The van der Waals surface area contributed by atoms with Gasteiger partial charge in [-0.1, -0.05) is 31.9 Å². The van der Waals surface area contributed by atoms with Crippen LogP contribution in [0.5, 0.6) is 0 Å². The second-order valence-corrected chi connectivity index (χ2v) is 4.45. The molecular weight excluding hydrogens is 270 g/mol. The van der Waals surface area contributed by atoms with Gasteiger partial charge >= 0.3 is 5.97 Å². The molecule has 0 bridgehead atoms. The van der Waals surface area contributed by atoms with Crippen molar-refractivity contribution in [1.29, 1.82) is 0 Å². The fraction of sp³-hybridized carbons (Fsp3) is 0.562. The Morgan fingerprint density at radius 2 is 1.71 bits per heavy atom. The van der Waals surface area contributed by atoms with Gasteiger partial charge in [0.1, 0.15) is 5.69 Å². The summed E-state index contributed by atoms with van der Waals surface area (Å²) in [4.78, 5) is 23.0. The first-order chi connectivity index (χ1) is 10.2. The summed E-state index contributed by atoms with van der Waals surface area (Å²) in [6, 6.07) is 7.10. The van der Waals surface area contributed by atoms with Gasteiger partial charge in [0.25, 0.3) is 0 Å². The third-order valence-corrected chi connectivity index (χ3v) is 2.79. The number of benzene rings is 1. The summed E-state index contributed by atoms with van der Waals surface area (Å²) in [6.07, 6.45) is 3.03. The molecule has 5 nitrogen and oxygen atoms in total. The molecule has 0 spiro atoms. The third kappa shape index (κ3) is 5.73. The number of hydrogen-bond acceptors (Lipinski definition) is 5. The van der Waals surface area contributed by atoms with Crippen molar-refractivity contribution in [2.24, 2.45) is 0 Å². The van der Waals surface area contributed by atoms with Crippen LogP contribution in [0.2, 0.25) is 0 Å². The van der Waals surface area contributed by atoms with Gasteiger partial charge in [-0.2, -0.15) is 0 Å². The summed E-state index contributed by atoms with van der Waals surface area (Å²) in [5.41, 5.74) is 0.998. The Kier molecular flexibility index (Phi) is 8.47. The molecule has 0 aliphatic rings. The largest absolute Gasteiger partial charge is 0.462 e. The van der Waals surface area contributed by atoms with Crippen molar-refractivity contribution in [3.05, 3.63) is 29.8 Å². The van der Waals surface area contributed by atoms with Crippen LogP contribution < -0.4 is 5.23 Å². The SMILES string of the molecule is CCCCCOC(=O)c1ccccc1N(OCC)OCC. The highest BCUT2D eigenvalue weighted by molar-refractivity contribution is 5.95. The number of nitrogens with zero attached hydrogens (tertiary/aromatic N) is 1. The second kappa shape index (κ2) is 10.2. The Morgan fingerprint density at radius 1 is 1.05 bits per heavy atom. The van der Waals surface area contributed by atoms with Crippen molar-refractivity contribution >= 4 is 11.7 Å². The van der Waals surface area contributed by atoms with Gasteiger partial charge in [0.05, 0.1) is 25.4 Å². The molecule has 0 unspecified atom stereocenters. The standard InChI is InChI=1S/C16H25NO4/c1-4-7-10-13-19-16(18)14-11-8-9-12-15(14)17(20-5-2)21-6-3/h8-9,11-12H,4-7,10,13H2,1-3H3. The van der Waals surface area contributed by atoms with E-state index in [-0.39, 0.29) is 5.97 Å². The van der Waals surface area contributed by atoms with Gasteiger partial charge in [0.2, 0.25) is 0 Å². The summed E-state index contributed by atoms with van der Waals surface area (Å²) >= 11 is 0. The van der Waals surface area contributed by atoms with Crippen molar-refractivity contribution in [2.75, 3.05) is 25.0 Å². The monoisotopic (exact) mass is 295 g/mol.